The largest absolute Gasteiger partial charge is 0.326 e. The molecule has 0 bridgehead atoms. The predicted octanol–water partition coefficient (Wildman–Crippen LogP) is 3.71. The fourth-order valence-electron chi connectivity index (χ4n) is 3.41. The van der Waals surface area contributed by atoms with E-state index in [2.05, 4.69) is 17.6 Å². The second-order valence-electron chi connectivity index (χ2n) is 7.57. The van der Waals surface area contributed by atoms with Crippen molar-refractivity contribution >= 4 is 33.2 Å². The molecule has 7 nitrogen and oxygen atoms in total. The van der Waals surface area contributed by atoms with Crippen molar-refractivity contribution in [1.29, 1.82) is 0 Å². The fourth-order valence-corrected chi connectivity index (χ4v) is 5.01. The summed E-state index contributed by atoms with van der Waals surface area (Å²) in [6.07, 6.45) is 2.26. The van der Waals surface area contributed by atoms with E-state index < -0.39 is 10.0 Å². The average Bonchev–Trinajstić information content (AvgIpc) is 2.74. The van der Waals surface area contributed by atoms with E-state index in [4.69, 9.17) is 0 Å². The second-order valence-corrected chi connectivity index (χ2v) is 9.51. The van der Waals surface area contributed by atoms with Crippen LogP contribution in [0.2, 0.25) is 0 Å². The molecule has 1 atom stereocenters. The maximum absolute atomic E-state index is 12.8. The van der Waals surface area contributed by atoms with Crippen LogP contribution in [0.15, 0.2) is 53.4 Å². The van der Waals surface area contributed by atoms with Gasteiger partial charge in [-0.3, -0.25) is 9.59 Å². The lowest BCUT2D eigenvalue weighted by Gasteiger charge is -2.30. The zero-order chi connectivity index (χ0) is 21.7. The van der Waals surface area contributed by atoms with E-state index in [1.54, 1.807) is 43.3 Å². The van der Waals surface area contributed by atoms with Crippen molar-refractivity contribution in [2.24, 2.45) is 5.92 Å². The Balaban J connectivity index is 1.69. The lowest BCUT2D eigenvalue weighted by atomic mass is 10.0. The standard InChI is InChI=1S/C22H27N3O4S/c1-3-21(26)23-19-8-4-7-17(14-19)22(27)24-18-9-11-20(12-10-18)30(28,29)25-13-5-6-16(2)15-25/h4,7-12,14,16H,3,5-6,13,15H2,1-2H3,(H,23,26)(H,24,27). The molecule has 2 N–H and O–H groups in total. The Bertz CT molecular complexity index is 1020. The van der Waals surface area contributed by atoms with Gasteiger partial charge in [-0.25, -0.2) is 8.42 Å². The van der Waals surface area contributed by atoms with Crippen LogP contribution < -0.4 is 10.6 Å². The number of nitrogens with zero attached hydrogens (tertiary/aromatic N) is 1. The first-order chi connectivity index (χ1) is 14.3. The number of anilines is 2. The molecule has 0 aromatic heterocycles. The van der Waals surface area contributed by atoms with Crippen LogP contribution >= 0.6 is 0 Å². The molecule has 1 aliphatic heterocycles. The van der Waals surface area contributed by atoms with E-state index in [1.165, 1.54) is 16.4 Å². The van der Waals surface area contributed by atoms with Gasteiger partial charge in [0.1, 0.15) is 0 Å². The number of amides is 2. The Morgan fingerprint density at radius 2 is 1.80 bits per heavy atom. The second kappa shape index (κ2) is 9.40. The van der Waals surface area contributed by atoms with Crippen LogP contribution in [0.25, 0.3) is 0 Å². The van der Waals surface area contributed by atoms with Gasteiger partial charge in [0.25, 0.3) is 5.91 Å². The van der Waals surface area contributed by atoms with Gasteiger partial charge < -0.3 is 10.6 Å². The minimum absolute atomic E-state index is 0.132. The molecule has 1 heterocycles. The van der Waals surface area contributed by atoms with Gasteiger partial charge in [0.05, 0.1) is 4.90 Å². The smallest absolute Gasteiger partial charge is 0.255 e. The quantitative estimate of drug-likeness (QED) is 0.732. The first-order valence-corrected chi connectivity index (χ1v) is 11.5. The molecule has 2 aromatic carbocycles. The first-order valence-electron chi connectivity index (χ1n) is 10.1. The van der Waals surface area contributed by atoms with Gasteiger partial charge in [-0.15, -0.1) is 0 Å². The minimum atomic E-state index is -3.53. The number of benzene rings is 2. The van der Waals surface area contributed by atoms with Crippen molar-refractivity contribution in [3.05, 3.63) is 54.1 Å². The Kier molecular flexibility index (Phi) is 6.89. The molecule has 30 heavy (non-hydrogen) atoms. The number of carbonyl (C=O) groups is 2. The fraction of sp³-hybridized carbons (Fsp3) is 0.364. The molecule has 1 aliphatic rings. The molecule has 0 spiro atoms. The third-order valence-electron chi connectivity index (χ3n) is 5.10. The van der Waals surface area contributed by atoms with Crippen LogP contribution in [0.4, 0.5) is 11.4 Å². The molecule has 3 rings (SSSR count). The number of rotatable bonds is 6. The number of hydrogen-bond acceptors (Lipinski definition) is 4. The Morgan fingerprint density at radius 1 is 1.07 bits per heavy atom. The molecule has 8 heteroatoms. The van der Waals surface area contributed by atoms with Crippen LogP contribution in [0.5, 0.6) is 0 Å². The molecule has 2 aromatic rings. The number of sulfonamides is 1. The van der Waals surface area contributed by atoms with E-state index in [9.17, 15) is 18.0 Å². The van der Waals surface area contributed by atoms with E-state index >= 15 is 0 Å². The maximum Gasteiger partial charge on any atom is 0.255 e. The summed E-state index contributed by atoms with van der Waals surface area (Å²) in [6, 6.07) is 12.8. The molecular weight excluding hydrogens is 402 g/mol. The van der Waals surface area contributed by atoms with Crippen LogP contribution in [-0.2, 0) is 14.8 Å². The predicted molar refractivity (Wildman–Crippen MR) is 117 cm³/mol. The molecule has 0 radical (unpaired) electrons. The summed E-state index contributed by atoms with van der Waals surface area (Å²) in [4.78, 5) is 24.3. The number of carbonyl (C=O) groups excluding carboxylic acids is 2. The molecule has 2 amide bonds. The summed E-state index contributed by atoms with van der Waals surface area (Å²) in [5.41, 5.74) is 1.43. The molecule has 1 fully saturated rings. The molecule has 0 saturated carbocycles. The van der Waals surface area contributed by atoms with Crippen molar-refractivity contribution in [1.82, 2.24) is 4.31 Å². The van der Waals surface area contributed by atoms with Crippen molar-refractivity contribution in [2.45, 2.75) is 38.0 Å². The van der Waals surface area contributed by atoms with Crippen LogP contribution in [0.3, 0.4) is 0 Å². The molecule has 0 aliphatic carbocycles. The highest BCUT2D eigenvalue weighted by Gasteiger charge is 2.28. The average molecular weight is 430 g/mol. The van der Waals surface area contributed by atoms with Gasteiger partial charge in [0.2, 0.25) is 15.9 Å². The van der Waals surface area contributed by atoms with Crippen molar-refractivity contribution in [3.8, 4) is 0 Å². The molecular formula is C22H27N3O4S. The highest BCUT2D eigenvalue weighted by Crippen LogP contribution is 2.24. The van der Waals surface area contributed by atoms with Crippen LogP contribution in [0.1, 0.15) is 43.5 Å². The summed E-state index contributed by atoms with van der Waals surface area (Å²) in [7, 11) is -3.53. The van der Waals surface area contributed by atoms with Gasteiger partial charge in [-0.1, -0.05) is 19.9 Å². The van der Waals surface area contributed by atoms with E-state index in [1.807, 2.05) is 0 Å². The molecule has 1 saturated heterocycles. The van der Waals surface area contributed by atoms with Crippen LogP contribution in [-0.4, -0.2) is 37.6 Å². The van der Waals surface area contributed by atoms with Crippen molar-refractivity contribution in [3.63, 3.8) is 0 Å². The van der Waals surface area contributed by atoms with Crippen LogP contribution in [0, 0.1) is 5.92 Å². The summed E-state index contributed by atoms with van der Waals surface area (Å²) in [6.45, 7) is 4.88. The lowest BCUT2D eigenvalue weighted by molar-refractivity contribution is -0.115. The Labute approximate surface area is 177 Å². The van der Waals surface area contributed by atoms with Gasteiger partial charge in [0, 0.05) is 36.4 Å². The lowest BCUT2D eigenvalue weighted by Crippen LogP contribution is -2.39. The number of piperidine rings is 1. The van der Waals surface area contributed by atoms with E-state index in [-0.39, 0.29) is 16.7 Å². The summed E-state index contributed by atoms with van der Waals surface area (Å²) in [5.74, 6) is -0.125. The minimum Gasteiger partial charge on any atom is -0.326 e. The SMILES string of the molecule is CCC(=O)Nc1cccc(C(=O)Nc2ccc(S(=O)(=O)N3CCCC(C)C3)cc2)c1. The van der Waals surface area contributed by atoms with Crippen molar-refractivity contribution < 1.29 is 18.0 Å². The third kappa shape index (κ3) is 5.25. The topological polar surface area (TPSA) is 95.6 Å². The van der Waals surface area contributed by atoms with E-state index in [0.717, 1.165) is 12.8 Å². The van der Waals surface area contributed by atoms with Gasteiger partial charge in [-0.05, 0) is 61.2 Å². The summed E-state index contributed by atoms with van der Waals surface area (Å²) in [5, 5.41) is 5.48. The normalized spacial score (nSPS) is 17.3. The zero-order valence-electron chi connectivity index (χ0n) is 17.2. The number of hydrogen-bond donors (Lipinski definition) is 2. The Morgan fingerprint density at radius 3 is 2.47 bits per heavy atom. The Hall–Kier alpha value is -2.71. The van der Waals surface area contributed by atoms with Crippen molar-refractivity contribution in [2.75, 3.05) is 23.7 Å². The molecule has 160 valence electrons. The molecule has 1 unspecified atom stereocenters. The maximum atomic E-state index is 12.8. The van der Waals surface area contributed by atoms with Gasteiger partial charge >= 0.3 is 0 Å². The zero-order valence-corrected chi connectivity index (χ0v) is 18.0. The highest BCUT2D eigenvalue weighted by molar-refractivity contribution is 7.89. The monoisotopic (exact) mass is 429 g/mol. The van der Waals surface area contributed by atoms with Gasteiger partial charge in [-0.2, -0.15) is 4.31 Å². The highest BCUT2D eigenvalue weighted by atomic mass is 32.2. The number of nitrogens with one attached hydrogen (secondary N) is 2. The first kappa shape index (κ1) is 22.0. The van der Waals surface area contributed by atoms with E-state index in [0.29, 0.717) is 42.4 Å². The van der Waals surface area contributed by atoms with Gasteiger partial charge in [0.15, 0.2) is 0 Å². The summed E-state index contributed by atoms with van der Waals surface area (Å²) >= 11 is 0. The third-order valence-corrected chi connectivity index (χ3v) is 6.98. The summed E-state index contributed by atoms with van der Waals surface area (Å²) < 4.78 is 27.2.